The van der Waals surface area contributed by atoms with Gasteiger partial charge in [-0.1, -0.05) is 18.2 Å². The molecule has 4 nitrogen and oxygen atoms in total. The monoisotopic (exact) mass is 377 g/mol. The molecule has 2 heterocycles. The Labute approximate surface area is 168 Å². The molecule has 0 N–H and O–H groups in total. The number of para-hydroxylation sites is 1. The number of nitrogens with zero attached hydrogens (tertiary/aromatic N) is 3. The number of rotatable bonds is 5. The highest BCUT2D eigenvalue weighted by Crippen LogP contribution is 2.40. The van der Waals surface area contributed by atoms with Crippen molar-refractivity contribution < 1.29 is 4.79 Å². The van der Waals surface area contributed by atoms with Crippen molar-refractivity contribution in [3.63, 3.8) is 0 Å². The van der Waals surface area contributed by atoms with E-state index in [9.17, 15) is 4.79 Å². The molecule has 4 rings (SSSR count). The van der Waals surface area contributed by atoms with Crippen LogP contribution in [-0.4, -0.2) is 54.5 Å². The number of hydrogen-bond donors (Lipinski definition) is 0. The van der Waals surface area contributed by atoms with E-state index in [1.807, 2.05) is 26.1 Å². The van der Waals surface area contributed by atoms with Gasteiger partial charge in [-0.3, -0.25) is 4.79 Å². The number of piperidine rings is 1. The lowest BCUT2D eigenvalue weighted by Crippen LogP contribution is -2.47. The molecule has 1 unspecified atom stereocenters. The van der Waals surface area contributed by atoms with Gasteiger partial charge >= 0.3 is 0 Å². The van der Waals surface area contributed by atoms with Crippen LogP contribution in [-0.2, 0) is 0 Å². The van der Waals surface area contributed by atoms with Gasteiger partial charge in [-0.2, -0.15) is 0 Å². The van der Waals surface area contributed by atoms with E-state index in [1.54, 1.807) is 4.90 Å². The zero-order chi connectivity index (χ0) is 19.7. The fourth-order valence-electron chi connectivity index (χ4n) is 4.88. The lowest BCUT2D eigenvalue weighted by atomic mass is 9.95. The van der Waals surface area contributed by atoms with Crippen LogP contribution in [0.15, 0.2) is 54.6 Å². The number of amides is 1. The molecule has 2 aliphatic rings. The zero-order valence-corrected chi connectivity index (χ0v) is 17.2. The Balaban J connectivity index is 1.64. The first kappa shape index (κ1) is 19.0. The Morgan fingerprint density at radius 3 is 2.11 bits per heavy atom. The molecule has 0 aromatic heterocycles. The van der Waals surface area contributed by atoms with E-state index in [-0.39, 0.29) is 5.91 Å². The molecule has 2 bridgehead atoms. The van der Waals surface area contributed by atoms with Crippen LogP contribution < -0.4 is 4.90 Å². The summed E-state index contributed by atoms with van der Waals surface area (Å²) in [5.74, 6) is 0.0812. The fourth-order valence-corrected chi connectivity index (χ4v) is 4.88. The van der Waals surface area contributed by atoms with Gasteiger partial charge in [0.2, 0.25) is 0 Å². The highest BCUT2D eigenvalue weighted by atomic mass is 16.2. The Bertz CT molecular complexity index is 790. The van der Waals surface area contributed by atoms with Gasteiger partial charge in [-0.25, -0.2) is 0 Å². The Morgan fingerprint density at radius 2 is 1.54 bits per heavy atom. The van der Waals surface area contributed by atoms with Crippen LogP contribution >= 0.6 is 0 Å². The van der Waals surface area contributed by atoms with Gasteiger partial charge in [0.15, 0.2) is 0 Å². The van der Waals surface area contributed by atoms with Gasteiger partial charge in [0, 0.05) is 48.7 Å². The first-order valence-corrected chi connectivity index (χ1v) is 10.5. The first-order valence-electron chi connectivity index (χ1n) is 10.5. The van der Waals surface area contributed by atoms with E-state index in [0.29, 0.717) is 18.1 Å². The van der Waals surface area contributed by atoms with Gasteiger partial charge < -0.3 is 14.7 Å². The van der Waals surface area contributed by atoms with Crippen LogP contribution in [0.25, 0.3) is 0 Å². The van der Waals surface area contributed by atoms with Crippen molar-refractivity contribution in [3.05, 3.63) is 60.2 Å². The van der Waals surface area contributed by atoms with Crippen molar-refractivity contribution >= 4 is 17.3 Å². The van der Waals surface area contributed by atoms with Crippen molar-refractivity contribution in [3.8, 4) is 0 Å². The molecule has 0 saturated carbocycles. The Morgan fingerprint density at radius 1 is 0.964 bits per heavy atom. The maximum atomic E-state index is 12.5. The zero-order valence-electron chi connectivity index (χ0n) is 17.2. The van der Waals surface area contributed by atoms with Gasteiger partial charge in [-0.05, 0) is 76.1 Å². The summed E-state index contributed by atoms with van der Waals surface area (Å²) in [6.45, 7) is 2.72. The minimum Gasteiger partial charge on any atom is -0.342 e. The topological polar surface area (TPSA) is 26.8 Å². The van der Waals surface area contributed by atoms with Crippen molar-refractivity contribution in [2.24, 2.45) is 0 Å². The number of carbonyl (C=O) groups excluding carboxylic acids is 1. The van der Waals surface area contributed by atoms with Gasteiger partial charge in [-0.15, -0.1) is 0 Å². The molecule has 2 fully saturated rings. The summed E-state index contributed by atoms with van der Waals surface area (Å²) < 4.78 is 0. The summed E-state index contributed by atoms with van der Waals surface area (Å²) in [5.41, 5.74) is 3.17. The molecule has 148 valence electrons. The van der Waals surface area contributed by atoms with E-state index < -0.39 is 0 Å². The molecule has 28 heavy (non-hydrogen) atoms. The number of fused-ring (bicyclic) bond motifs is 2. The lowest BCUT2D eigenvalue weighted by molar-refractivity contribution is 0.0802. The van der Waals surface area contributed by atoms with Crippen LogP contribution in [0.5, 0.6) is 0 Å². The molecule has 0 radical (unpaired) electrons. The molecule has 2 aromatic rings. The molecular weight excluding hydrogens is 346 g/mol. The third-order valence-corrected chi connectivity index (χ3v) is 6.69. The molecule has 0 spiro atoms. The minimum atomic E-state index is 0.0812. The predicted molar refractivity (Wildman–Crippen MR) is 115 cm³/mol. The van der Waals surface area contributed by atoms with Crippen molar-refractivity contribution in [2.75, 3.05) is 25.5 Å². The number of hydrogen-bond acceptors (Lipinski definition) is 3. The number of anilines is 2. The Hall–Kier alpha value is -2.33. The summed E-state index contributed by atoms with van der Waals surface area (Å²) in [7, 11) is 4.14. The average Bonchev–Trinajstić information content (AvgIpc) is 2.94. The molecule has 1 amide bonds. The normalized spacial score (nSPS) is 24.2. The summed E-state index contributed by atoms with van der Waals surface area (Å²) >= 11 is 0. The molecule has 2 saturated heterocycles. The van der Waals surface area contributed by atoms with E-state index in [0.717, 1.165) is 12.1 Å². The lowest BCUT2D eigenvalue weighted by Gasteiger charge is -2.43. The van der Waals surface area contributed by atoms with Gasteiger partial charge in [0.1, 0.15) is 0 Å². The maximum Gasteiger partial charge on any atom is 0.253 e. The second-order valence-electron chi connectivity index (χ2n) is 8.25. The van der Waals surface area contributed by atoms with Crippen LogP contribution in [0.1, 0.15) is 43.0 Å². The van der Waals surface area contributed by atoms with E-state index in [2.05, 4.69) is 59.3 Å². The molecule has 0 aliphatic carbocycles. The SMILES string of the molecule is CCN(C)C(=O)c1ccc(N(c2ccccc2)C2C[C@H]3CC[C@@H](C2)N3C)cc1. The smallest absolute Gasteiger partial charge is 0.253 e. The van der Waals surface area contributed by atoms with Crippen molar-refractivity contribution in [1.82, 2.24) is 9.80 Å². The van der Waals surface area contributed by atoms with E-state index in [1.165, 1.54) is 37.1 Å². The van der Waals surface area contributed by atoms with Gasteiger partial charge in [0.05, 0.1) is 0 Å². The quantitative estimate of drug-likeness (QED) is 0.765. The van der Waals surface area contributed by atoms with Crippen LogP contribution in [0.2, 0.25) is 0 Å². The minimum absolute atomic E-state index is 0.0812. The molecule has 2 aromatic carbocycles. The van der Waals surface area contributed by atoms with Crippen LogP contribution in [0.4, 0.5) is 11.4 Å². The van der Waals surface area contributed by atoms with Crippen molar-refractivity contribution in [2.45, 2.75) is 50.7 Å². The molecular formula is C24H31N3O. The standard InChI is InChI=1S/C24H31N3O/c1-4-25(2)24(28)18-10-12-20(13-11-18)27(19-8-6-5-7-9-19)23-16-21-14-15-22(17-23)26(21)3/h5-13,21-23H,4,14-17H2,1-3H3/t21-,22+,23?. The summed E-state index contributed by atoms with van der Waals surface area (Å²) in [4.78, 5) is 19.3. The molecule has 2 aliphatic heterocycles. The number of carbonyl (C=O) groups is 1. The number of benzene rings is 2. The predicted octanol–water partition coefficient (Wildman–Crippen LogP) is 4.54. The van der Waals surface area contributed by atoms with Crippen molar-refractivity contribution in [1.29, 1.82) is 0 Å². The molecule has 4 heteroatoms. The average molecular weight is 378 g/mol. The van der Waals surface area contributed by atoms with Crippen LogP contribution in [0.3, 0.4) is 0 Å². The second-order valence-corrected chi connectivity index (χ2v) is 8.25. The summed E-state index contributed by atoms with van der Waals surface area (Å²) in [6, 6.07) is 20.7. The van der Waals surface area contributed by atoms with Crippen LogP contribution in [0, 0.1) is 0 Å². The summed E-state index contributed by atoms with van der Waals surface area (Å²) in [6.07, 6.45) is 5.02. The van der Waals surface area contributed by atoms with Gasteiger partial charge in [0.25, 0.3) is 5.91 Å². The first-order chi connectivity index (χ1) is 13.6. The second kappa shape index (κ2) is 7.96. The highest BCUT2D eigenvalue weighted by Gasteiger charge is 2.40. The maximum absolute atomic E-state index is 12.5. The Kier molecular flexibility index (Phi) is 5.40. The third-order valence-electron chi connectivity index (χ3n) is 6.69. The fraction of sp³-hybridized carbons (Fsp3) is 0.458. The largest absolute Gasteiger partial charge is 0.342 e. The summed E-state index contributed by atoms with van der Waals surface area (Å²) in [5, 5.41) is 0. The third kappa shape index (κ3) is 3.53. The van der Waals surface area contributed by atoms with E-state index >= 15 is 0 Å². The molecule has 3 atom stereocenters. The van der Waals surface area contributed by atoms with E-state index in [4.69, 9.17) is 0 Å². The highest BCUT2D eigenvalue weighted by molar-refractivity contribution is 5.94.